The van der Waals surface area contributed by atoms with E-state index in [0.717, 1.165) is 0 Å². The van der Waals surface area contributed by atoms with Gasteiger partial charge in [0.1, 0.15) is 5.75 Å². The highest BCUT2D eigenvalue weighted by molar-refractivity contribution is 7.92. The second-order valence-corrected chi connectivity index (χ2v) is 8.72. The predicted molar refractivity (Wildman–Crippen MR) is 113 cm³/mol. The lowest BCUT2D eigenvalue weighted by molar-refractivity contribution is -0.125. The van der Waals surface area contributed by atoms with Crippen LogP contribution in [0.3, 0.4) is 0 Å². The summed E-state index contributed by atoms with van der Waals surface area (Å²) in [5.41, 5.74) is 0.826. The van der Waals surface area contributed by atoms with E-state index in [1.165, 1.54) is 31.4 Å². The van der Waals surface area contributed by atoms with Gasteiger partial charge in [-0.05, 0) is 61.4 Å². The molecule has 1 aliphatic rings. The molecule has 0 saturated carbocycles. The van der Waals surface area contributed by atoms with Gasteiger partial charge < -0.3 is 15.0 Å². The van der Waals surface area contributed by atoms with Crippen LogP contribution in [0, 0.1) is 5.92 Å². The lowest BCUT2D eigenvalue weighted by Crippen LogP contribution is -2.42. The summed E-state index contributed by atoms with van der Waals surface area (Å²) in [6, 6.07) is 12.4. The highest BCUT2D eigenvalue weighted by Crippen LogP contribution is 2.22. The first-order valence-electron chi connectivity index (χ1n) is 9.62. The monoisotopic (exact) mass is 431 g/mol. The maximum Gasteiger partial charge on any atom is 0.261 e. The van der Waals surface area contributed by atoms with E-state index in [1.807, 2.05) is 0 Å². The Balaban J connectivity index is 1.65. The summed E-state index contributed by atoms with van der Waals surface area (Å²) >= 11 is 0. The number of benzene rings is 2. The van der Waals surface area contributed by atoms with E-state index in [4.69, 9.17) is 4.74 Å². The normalized spacial score (nSPS) is 14.8. The molecular weight excluding hydrogens is 406 g/mol. The number of amides is 2. The zero-order valence-corrected chi connectivity index (χ0v) is 17.7. The van der Waals surface area contributed by atoms with Crippen LogP contribution in [0.5, 0.6) is 5.75 Å². The summed E-state index contributed by atoms with van der Waals surface area (Å²) in [6.07, 6.45) is 1.23. The van der Waals surface area contributed by atoms with Gasteiger partial charge in [-0.25, -0.2) is 8.42 Å². The molecule has 9 heteroatoms. The van der Waals surface area contributed by atoms with Crippen molar-refractivity contribution < 1.29 is 22.7 Å². The number of ether oxygens (including phenoxy) is 1. The molecule has 0 unspecified atom stereocenters. The van der Waals surface area contributed by atoms with Crippen molar-refractivity contribution in [2.75, 3.05) is 32.0 Å². The van der Waals surface area contributed by atoms with Crippen molar-refractivity contribution in [1.29, 1.82) is 0 Å². The molecule has 0 aliphatic carbocycles. The fourth-order valence-electron chi connectivity index (χ4n) is 3.38. The van der Waals surface area contributed by atoms with Crippen LogP contribution in [0.2, 0.25) is 0 Å². The molecule has 1 heterocycles. The minimum Gasteiger partial charge on any atom is -0.497 e. The number of sulfonamides is 1. The lowest BCUT2D eigenvalue weighted by Gasteiger charge is -2.31. The van der Waals surface area contributed by atoms with Crippen molar-refractivity contribution >= 4 is 27.5 Å². The summed E-state index contributed by atoms with van der Waals surface area (Å²) in [4.78, 5) is 26.2. The minimum atomic E-state index is -3.78. The molecule has 2 aromatic carbocycles. The molecule has 1 saturated heterocycles. The number of carbonyl (C=O) groups is 2. The van der Waals surface area contributed by atoms with Crippen molar-refractivity contribution in [3.63, 3.8) is 0 Å². The van der Waals surface area contributed by atoms with Crippen LogP contribution in [0.15, 0.2) is 53.4 Å². The largest absolute Gasteiger partial charge is 0.497 e. The van der Waals surface area contributed by atoms with Gasteiger partial charge >= 0.3 is 0 Å². The van der Waals surface area contributed by atoms with E-state index in [2.05, 4.69) is 10.0 Å². The van der Waals surface area contributed by atoms with E-state index < -0.39 is 10.0 Å². The van der Waals surface area contributed by atoms with E-state index in [1.54, 1.807) is 36.2 Å². The average Bonchev–Trinajstić information content (AvgIpc) is 2.78. The van der Waals surface area contributed by atoms with Crippen molar-refractivity contribution in [3.8, 4) is 5.75 Å². The second-order valence-electron chi connectivity index (χ2n) is 7.04. The zero-order valence-electron chi connectivity index (χ0n) is 16.9. The van der Waals surface area contributed by atoms with Gasteiger partial charge in [0.25, 0.3) is 15.9 Å². The molecule has 160 valence electrons. The van der Waals surface area contributed by atoms with Crippen LogP contribution in [-0.2, 0) is 14.8 Å². The maximum atomic E-state index is 12.7. The molecule has 30 heavy (non-hydrogen) atoms. The number of carbonyl (C=O) groups excluding carboxylic acids is 2. The SMILES string of the molecule is CNC(=O)C1CCN(C(=O)c2ccc(S(=O)(=O)Nc3ccc(OC)cc3)cc2)CC1. The second kappa shape index (κ2) is 9.17. The maximum absolute atomic E-state index is 12.7. The van der Waals surface area contributed by atoms with Gasteiger partial charge in [0.05, 0.1) is 12.0 Å². The molecule has 0 spiro atoms. The van der Waals surface area contributed by atoms with Gasteiger partial charge in [-0.3, -0.25) is 14.3 Å². The Morgan fingerprint density at radius 2 is 1.60 bits per heavy atom. The quantitative estimate of drug-likeness (QED) is 0.729. The standard InChI is InChI=1S/C21H25N3O5S/c1-22-20(25)15-11-13-24(14-12-15)21(26)16-3-9-19(10-4-16)30(27,28)23-17-5-7-18(29-2)8-6-17/h3-10,15,23H,11-14H2,1-2H3,(H,22,25). The van der Waals surface area contributed by atoms with Crippen LogP contribution >= 0.6 is 0 Å². The lowest BCUT2D eigenvalue weighted by atomic mass is 9.95. The number of rotatable bonds is 6. The molecule has 3 rings (SSSR count). The molecule has 0 radical (unpaired) electrons. The molecule has 1 fully saturated rings. The van der Waals surface area contributed by atoms with E-state index >= 15 is 0 Å². The van der Waals surface area contributed by atoms with E-state index in [-0.39, 0.29) is 22.6 Å². The van der Waals surface area contributed by atoms with Crippen LogP contribution < -0.4 is 14.8 Å². The molecule has 0 atom stereocenters. The molecule has 0 bridgehead atoms. The number of piperidine rings is 1. The topological polar surface area (TPSA) is 105 Å². The Kier molecular flexibility index (Phi) is 6.61. The Bertz CT molecular complexity index is 996. The number of methoxy groups -OCH3 is 1. The fourth-order valence-corrected chi connectivity index (χ4v) is 4.44. The van der Waals surface area contributed by atoms with Crippen molar-refractivity contribution in [2.24, 2.45) is 5.92 Å². The summed E-state index contributed by atoms with van der Waals surface area (Å²) < 4.78 is 32.7. The summed E-state index contributed by atoms with van der Waals surface area (Å²) in [7, 11) is -0.636. The van der Waals surface area contributed by atoms with Crippen molar-refractivity contribution in [1.82, 2.24) is 10.2 Å². The van der Waals surface area contributed by atoms with Gasteiger partial charge in [-0.15, -0.1) is 0 Å². The first-order valence-corrected chi connectivity index (χ1v) is 11.1. The number of hydrogen-bond donors (Lipinski definition) is 2. The number of nitrogens with one attached hydrogen (secondary N) is 2. The van der Waals surface area contributed by atoms with E-state index in [9.17, 15) is 18.0 Å². The van der Waals surface area contributed by atoms with Gasteiger partial charge in [-0.2, -0.15) is 0 Å². The Morgan fingerprint density at radius 1 is 1.00 bits per heavy atom. The number of hydrogen-bond acceptors (Lipinski definition) is 5. The van der Waals surface area contributed by atoms with Crippen molar-refractivity contribution in [3.05, 3.63) is 54.1 Å². The molecule has 2 amide bonds. The highest BCUT2D eigenvalue weighted by Gasteiger charge is 2.27. The molecule has 2 aromatic rings. The predicted octanol–water partition coefficient (Wildman–Crippen LogP) is 2.09. The Hall–Kier alpha value is -3.07. The molecule has 1 aliphatic heterocycles. The fraction of sp³-hybridized carbons (Fsp3) is 0.333. The van der Waals surface area contributed by atoms with E-state index in [0.29, 0.717) is 42.9 Å². The zero-order chi connectivity index (χ0) is 21.7. The third-order valence-electron chi connectivity index (χ3n) is 5.15. The third kappa shape index (κ3) is 4.91. The minimum absolute atomic E-state index is 0.000943. The van der Waals surface area contributed by atoms with Crippen LogP contribution in [0.25, 0.3) is 0 Å². The van der Waals surface area contributed by atoms with Crippen LogP contribution in [-0.4, -0.2) is 52.4 Å². The van der Waals surface area contributed by atoms with Gasteiger partial charge in [0.2, 0.25) is 5.91 Å². The first-order chi connectivity index (χ1) is 14.3. The number of likely N-dealkylation sites (tertiary alicyclic amines) is 1. The Labute approximate surface area is 176 Å². The van der Waals surface area contributed by atoms with Crippen molar-refractivity contribution in [2.45, 2.75) is 17.7 Å². The van der Waals surface area contributed by atoms with Crippen LogP contribution in [0.1, 0.15) is 23.2 Å². The average molecular weight is 432 g/mol. The Morgan fingerprint density at radius 3 is 2.13 bits per heavy atom. The molecular formula is C21H25N3O5S. The number of anilines is 1. The van der Waals surface area contributed by atoms with Crippen LogP contribution in [0.4, 0.5) is 5.69 Å². The van der Waals surface area contributed by atoms with Gasteiger partial charge in [-0.1, -0.05) is 0 Å². The third-order valence-corrected chi connectivity index (χ3v) is 6.55. The summed E-state index contributed by atoms with van der Waals surface area (Å²) in [5, 5.41) is 2.64. The molecule has 8 nitrogen and oxygen atoms in total. The smallest absolute Gasteiger partial charge is 0.261 e. The first kappa shape index (κ1) is 21.6. The molecule has 0 aromatic heterocycles. The molecule has 2 N–H and O–H groups in total. The highest BCUT2D eigenvalue weighted by atomic mass is 32.2. The summed E-state index contributed by atoms with van der Waals surface area (Å²) in [6.45, 7) is 0.992. The summed E-state index contributed by atoms with van der Waals surface area (Å²) in [5.74, 6) is 0.384. The van der Waals surface area contributed by atoms with Gasteiger partial charge in [0.15, 0.2) is 0 Å². The number of nitrogens with zero attached hydrogens (tertiary/aromatic N) is 1. The van der Waals surface area contributed by atoms with Gasteiger partial charge in [0, 0.05) is 37.3 Å².